The highest BCUT2D eigenvalue weighted by molar-refractivity contribution is 5.94. The van der Waals surface area contributed by atoms with Crippen LogP contribution < -0.4 is 10.6 Å². The van der Waals surface area contributed by atoms with Crippen molar-refractivity contribution in [3.63, 3.8) is 0 Å². The largest absolute Gasteiger partial charge is 0.375 e. The normalized spacial score (nSPS) is 10.1. The van der Waals surface area contributed by atoms with Gasteiger partial charge in [0, 0.05) is 26.3 Å². The lowest BCUT2D eigenvalue weighted by molar-refractivity contribution is -0.124. The summed E-state index contributed by atoms with van der Waals surface area (Å²) in [5, 5.41) is 4.88. The Morgan fingerprint density at radius 3 is 2.53 bits per heavy atom. The van der Waals surface area contributed by atoms with Crippen molar-refractivity contribution < 1.29 is 23.1 Å². The predicted octanol–water partition coefficient (Wildman–Crippen LogP) is 0.457. The molecule has 0 radical (unpaired) electrons. The Morgan fingerprint density at radius 2 is 1.89 bits per heavy atom. The lowest BCUT2D eigenvalue weighted by Crippen LogP contribution is -2.36. The molecule has 0 fully saturated rings. The summed E-state index contributed by atoms with van der Waals surface area (Å²) in [4.78, 5) is 22.5. The molecule has 5 nitrogen and oxygen atoms in total. The first kappa shape index (κ1) is 15.0. The minimum Gasteiger partial charge on any atom is -0.375 e. The molecule has 1 aromatic carbocycles. The molecule has 0 atom stereocenters. The van der Waals surface area contributed by atoms with Gasteiger partial charge in [-0.15, -0.1) is 0 Å². The molecule has 19 heavy (non-hydrogen) atoms. The van der Waals surface area contributed by atoms with Gasteiger partial charge in [0.05, 0.1) is 5.56 Å². The van der Waals surface area contributed by atoms with Crippen molar-refractivity contribution in [1.29, 1.82) is 0 Å². The Bertz CT molecular complexity index is 466. The molecule has 0 unspecified atom stereocenters. The number of amides is 2. The summed E-state index contributed by atoms with van der Waals surface area (Å²) < 4.78 is 30.5. The third-order valence-corrected chi connectivity index (χ3v) is 2.18. The van der Waals surface area contributed by atoms with Crippen LogP contribution in [0.15, 0.2) is 18.2 Å². The smallest absolute Gasteiger partial charge is 0.254 e. The number of rotatable bonds is 6. The van der Waals surface area contributed by atoms with Crippen LogP contribution in [0.25, 0.3) is 0 Å². The van der Waals surface area contributed by atoms with E-state index in [0.717, 1.165) is 12.1 Å². The minimum absolute atomic E-state index is 0.0689. The van der Waals surface area contributed by atoms with Crippen LogP contribution in [0.3, 0.4) is 0 Å². The fourth-order valence-electron chi connectivity index (χ4n) is 1.33. The summed E-state index contributed by atoms with van der Waals surface area (Å²) in [5.41, 5.74) is -0.246. The third-order valence-electron chi connectivity index (χ3n) is 2.18. The number of benzene rings is 1. The van der Waals surface area contributed by atoms with Gasteiger partial charge in [0.25, 0.3) is 5.91 Å². The number of nitrogens with one attached hydrogen (secondary N) is 2. The maximum absolute atomic E-state index is 13.3. The quantitative estimate of drug-likeness (QED) is 0.739. The zero-order chi connectivity index (χ0) is 14.3. The summed E-state index contributed by atoms with van der Waals surface area (Å²) in [6.45, 7) is 0.252. The van der Waals surface area contributed by atoms with E-state index in [2.05, 4.69) is 15.4 Å². The lowest BCUT2D eigenvalue weighted by atomic mass is 10.2. The summed E-state index contributed by atoms with van der Waals surface area (Å²) in [7, 11) is 1.39. The van der Waals surface area contributed by atoms with Crippen LogP contribution in [-0.4, -0.2) is 38.6 Å². The zero-order valence-corrected chi connectivity index (χ0v) is 10.3. The second-order valence-electron chi connectivity index (χ2n) is 3.66. The molecule has 0 aliphatic carbocycles. The van der Waals surface area contributed by atoms with Gasteiger partial charge in [-0.2, -0.15) is 0 Å². The highest BCUT2D eigenvalue weighted by Gasteiger charge is 2.11. The summed E-state index contributed by atoms with van der Waals surface area (Å²) in [6, 6.07) is 2.69. The SMILES string of the molecule is COCC(=O)NCCNC(=O)c1ccc(F)cc1F. The molecule has 0 aromatic heterocycles. The molecule has 0 saturated heterocycles. The Labute approximate surface area is 108 Å². The maximum atomic E-state index is 13.3. The second kappa shape index (κ2) is 7.42. The minimum atomic E-state index is -0.930. The van der Waals surface area contributed by atoms with E-state index in [9.17, 15) is 18.4 Å². The van der Waals surface area contributed by atoms with E-state index in [-0.39, 0.29) is 31.2 Å². The Kier molecular flexibility index (Phi) is 5.87. The first-order valence-electron chi connectivity index (χ1n) is 5.53. The Balaban J connectivity index is 2.37. The number of ether oxygens (including phenoxy) is 1. The van der Waals surface area contributed by atoms with Crippen LogP contribution in [0.4, 0.5) is 8.78 Å². The van der Waals surface area contributed by atoms with Crippen LogP contribution in [0.5, 0.6) is 0 Å². The van der Waals surface area contributed by atoms with E-state index in [1.54, 1.807) is 0 Å². The standard InChI is InChI=1S/C12H14F2N2O3/c1-19-7-11(17)15-4-5-16-12(18)9-3-2-8(13)6-10(9)14/h2-3,6H,4-5,7H2,1H3,(H,15,17)(H,16,18). The summed E-state index contributed by atoms with van der Waals surface area (Å²) in [5.74, 6) is -2.66. The summed E-state index contributed by atoms with van der Waals surface area (Å²) >= 11 is 0. The molecule has 104 valence electrons. The average Bonchev–Trinajstić information content (AvgIpc) is 2.34. The van der Waals surface area contributed by atoms with E-state index in [1.165, 1.54) is 7.11 Å². The number of hydrogen-bond donors (Lipinski definition) is 2. The van der Waals surface area contributed by atoms with Crippen LogP contribution in [-0.2, 0) is 9.53 Å². The van der Waals surface area contributed by atoms with Gasteiger partial charge in [-0.25, -0.2) is 8.78 Å². The number of hydrogen-bond acceptors (Lipinski definition) is 3. The van der Waals surface area contributed by atoms with Crippen molar-refractivity contribution in [2.24, 2.45) is 0 Å². The Morgan fingerprint density at radius 1 is 1.21 bits per heavy atom. The van der Waals surface area contributed by atoms with Gasteiger partial charge in [0.15, 0.2) is 0 Å². The van der Waals surface area contributed by atoms with Crippen molar-refractivity contribution in [2.75, 3.05) is 26.8 Å². The molecule has 1 rings (SSSR count). The average molecular weight is 272 g/mol. The van der Waals surface area contributed by atoms with Gasteiger partial charge in [-0.05, 0) is 12.1 Å². The first-order chi connectivity index (χ1) is 9.04. The van der Waals surface area contributed by atoms with Crippen LogP contribution in [0.1, 0.15) is 10.4 Å². The van der Waals surface area contributed by atoms with Crippen molar-refractivity contribution in [1.82, 2.24) is 10.6 Å². The van der Waals surface area contributed by atoms with E-state index in [4.69, 9.17) is 0 Å². The van der Waals surface area contributed by atoms with Gasteiger partial charge in [-0.1, -0.05) is 0 Å². The monoisotopic (exact) mass is 272 g/mol. The van der Waals surface area contributed by atoms with Crippen molar-refractivity contribution in [3.8, 4) is 0 Å². The summed E-state index contributed by atoms with van der Waals surface area (Å²) in [6.07, 6.45) is 0. The highest BCUT2D eigenvalue weighted by Crippen LogP contribution is 2.08. The van der Waals surface area contributed by atoms with Crippen molar-refractivity contribution >= 4 is 11.8 Å². The van der Waals surface area contributed by atoms with E-state index in [1.807, 2.05) is 0 Å². The molecular formula is C12H14F2N2O3. The van der Waals surface area contributed by atoms with Crippen LogP contribution in [0, 0.1) is 11.6 Å². The van der Waals surface area contributed by atoms with Gasteiger partial charge in [0.1, 0.15) is 18.2 Å². The first-order valence-corrected chi connectivity index (χ1v) is 5.53. The molecule has 0 spiro atoms. The van der Waals surface area contributed by atoms with E-state index < -0.39 is 17.5 Å². The van der Waals surface area contributed by atoms with Gasteiger partial charge >= 0.3 is 0 Å². The zero-order valence-electron chi connectivity index (χ0n) is 10.3. The molecular weight excluding hydrogens is 258 g/mol. The molecule has 0 saturated carbocycles. The van der Waals surface area contributed by atoms with Crippen LogP contribution in [0.2, 0.25) is 0 Å². The lowest BCUT2D eigenvalue weighted by Gasteiger charge is -2.07. The molecule has 0 heterocycles. The van der Waals surface area contributed by atoms with E-state index >= 15 is 0 Å². The molecule has 1 aromatic rings. The maximum Gasteiger partial charge on any atom is 0.254 e. The molecule has 0 bridgehead atoms. The highest BCUT2D eigenvalue weighted by atomic mass is 19.1. The number of methoxy groups -OCH3 is 1. The fraction of sp³-hybridized carbons (Fsp3) is 0.333. The molecule has 0 aliphatic heterocycles. The second-order valence-corrected chi connectivity index (χ2v) is 3.66. The van der Waals surface area contributed by atoms with Crippen molar-refractivity contribution in [2.45, 2.75) is 0 Å². The van der Waals surface area contributed by atoms with Gasteiger partial charge < -0.3 is 15.4 Å². The topological polar surface area (TPSA) is 67.4 Å². The number of carbonyl (C=O) groups is 2. The fourth-order valence-corrected chi connectivity index (χ4v) is 1.33. The molecule has 0 aliphatic rings. The molecule has 2 N–H and O–H groups in total. The molecule has 2 amide bonds. The predicted molar refractivity (Wildman–Crippen MR) is 63.6 cm³/mol. The van der Waals surface area contributed by atoms with E-state index in [0.29, 0.717) is 6.07 Å². The van der Waals surface area contributed by atoms with Gasteiger partial charge in [-0.3, -0.25) is 9.59 Å². The molecule has 7 heteroatoms. The number of halogens is 2. The van der Waals surface area contributed by atoms with Crippen LogP contribution >= 0.6 is 0 Å². The van der Waals surface area contributed by atoms with Crippen molar-refractivity contribution in [3.05, 3.63) is 35.4 Å². The van der Waals surface area contributed by atoms with Gasteiger partial charge in [0.2, 0.25) is 5.91 Å². The third kappa shape index (κ3) is 5.01. The number of carbonyl (C=O) groups excluding carboxylic acids is 2. The Hall–Kier alpha value is -2.02.